The predicted molar refractivity (Wildman–Crippen MR) is 90.2 cm³/mol. The zero-order valence-corrected chi connectivity index (χ0v) is 13.2. The third kappa shape index (κ3) is 2.13. The maximum atomic E-state index is 6.37. The van der Waals surface area contributed by atoms with Gasteiger partial charge in [0.25, 0.3) is 0 Å². The minimum Gasteiger partial charge on any atom is -0.356 e. The van der Waals surface area contributed by atoms with Gasteiger partial charge in [-0.05, 0) is 18.9 Å². The standard InChI is InChI=1S/C17H16Cl2N2/c18-13-10-14(19)16-15-11(13)6-5-7-12(15)17(20-16)21-8-3-1-2-4-9-21/h5-7,10H,1-4,8-9H2. The highest BCUT2D eigenvalue weighted by molar-refractivity contribution is 6.42. The Morgan fingerprint density at radius 1 is 0.952 bits per heavy atom. The van der Waals surface area contributed by atoms with Crippen molar-refractivity contribution in [1.82, 2.24) is 4.90 Å². The molecular weight excluding hydrogens is 303 g/mol. The van der Waals surface area contributed by atoms with Crippen LogP contribution in [0.1, 0.15) is 31.2 Å². The number of hydrogen-bond donors (Lipinski definition) is 0. The third-order valence-corrected chi connectivity index (χ3v) is 5.00. The molecule has 2 nitrogen and oxygen atoms in total. The molecule has 0 unspecified atom stereocenters. The number of aliphatic imine (C=N–C) groups is 1. The van der Waals surface area contributed by atoms with E-state index in [4.69, 9.17) is 28.2 Å². The number of benzene rings is 2. The predicted octanol–water partition coefficient (Wildman–Crippen LogP) is 5.41. The maximum Gasteiger partial charge on any atom is 0.137 e. The number of rotatable bonds is 0. The molecular formula is C17H16Cl2N2. The van der Waals surface area contributed by atoms with Gasteiger partial charge in [-0.15, -0.1) is 0 Å². The lowest BCUT2D eigenvalue weighted by atomic mass is 10.0. The molecule has 4 heteroatoms. The highest BCUT2D eigenvalue weighted by Gasteiger charge is 2.26. The van der Waals surface area contributed by atoms with Crippen LogP contribution in [0.2, 0.25) is 10.0 Å². The number of nitrogens with zero attached hydrogens (tertiary/aromatic N) is 2. The van der Waals surface area contributed by atoms with Gasteiger partial charge in [0.05, 0.1) is 15.7 Å². The first kappa shape index (κ1) is 13.4. The van der Waals surface area contributed by atoms with Gasteiger partial charge < -0.3 is 4.90 Å². The molecule has 2 aliphatic rings. The fraction of sp³-hybridized carbons (Fsp3) is 0.353. The molecule has 2 aliphatic heterocycles. The quantitative estimate of drug-likeness (QED) is 0.633. The molecule has 0 radical (unpaired) electrons. The summed E-state index contributed by atoms with van der Waals surface area (Å²) in [5.41, 5.74) is 2.06. The second-order valence-corrected chi connectivity index (χ2v) is 6.57. The molecule has 1 saturated heterocycles. The molecule has 0 bridgehead atoms. The summed E-state index contributed by atoms with van der Waals surface area (Å²) in [5, 5.41) is 3.49. The van der Waals surface area contributed by atoms with E-state index in [9.17, 15) is 0 Å². The Labute approximate surface area is 134 Å². The van der Waals surface area contributed by atoms with E-state index in [1.165, 1.54) is 31.2 Å². The van der Waals surface area contributed by atoms with Crippen LogP contribution in [0.3, 0.4) is 0 Å². The summed E-state index contributed by atoms with van der Waals surface area (Å²) in [5.74, 6) is 1.07. The first-order valence-corrected chi connectivity index (χ1v) is 8.26. The van der Waals surface area contributed by atoms with Crippen LogP contribution < -0.4 is 0 Å². The van der Waals surface area contributed by atoms with E-state index in [2.05, 4.69) is 17.0 Å². The molecule has 0 saturated carbocycles. The van der Waals surface area contributed by atoms with Gasteiger partial charge in [-0.25, -0.2) is 4.99 Å². The lowest BCUT2D eigenvalue weighted by molar-refractivity contribution is 0.437. The number of likely N-dealkylation sites (tertiary alicyclic amines) is 1. The molecule has 2 aromatic carbocycles. The molecule has 2 aromatic rings. The second-order valence-electron chi connectivity index (χ2n) is 5.75. The SMILES string of the molecule is Clc1cc(Cl)c2cccc3c2c1N=C3N1CCCCCC1. The van der Waals surface area contributed by atoms with Gasteiger partial charge in [-0.2, -0.15) is 0 Å². The van der Waals surface area contributed by atoms with E-state index >= 15 is 0 Å². The average Bonchev–Trinajstić information content (AvgIpc) is 2.68. The Kier molecular flexibility index (Phi) is 3.31. The zero-order valence-electron chi connectivity index (χ0n) is 11.7. The lowest BCUT2D eigenvalue weighted by Gasteiger charge is -2.22. The summed E-state index contributed by atoms with van der Waals surface area (Å²) in [4.78, 5) is 7.26. The van der Waals surface area contributed by atoms with Crippen LogP contribution >= 0.6 is 23.2 Å². The molecule has 0 amide bonds. The van der Waals surface area contributed by atoms with Gasteiger partial charge in [-0.3, -0.25) is 0 Å². The first-order chi connectivity index (χ1) is 10.3. The van der Waals surface area contributed by atoms with Gasteiger partial charge in [-0.1, -0.05) is 54.2 Å². The smallest absolute Gasteiger partial charge is 0.137 e. The Balaban J connectivity index is 1.89. The van der Waals surface area contributed by atoms with E-state index in [0.717, 1.165) is 35.4 Å². The van der Waals surface area contributed by atoms with Crippen molar-refractivity contribution in [3.05, 3.63) is 39.9 Å². The van der Waals surface area contributed by atoms with E-state index in [0.29, 0.717) is 10.0 Å². The molecule has 21 heavy (non-hydrogen) atoms. The van der Waals surface area contributed by atoms with Gasteiger partial charge in [0.1, 0.15) is 5.84 Å². The summed E-state index contributed by atoms with van der Waals surface area (Å²) >= 11 is 12.7. The fourth-order valence-corrected chi connectivity index (χ4v) is 3.94. The highest BCUT2D eigenvalue weighted by Crippen LogP contribution is 2.44. The van der Waals surface area contributed by atoms with Crippen LogP contribution in [0, 0.1) is 0 Å². The van der Waals surface area contributed by atoms with E-state index < -0.39 is 0 Å². The molecule has 1 fully saturated rings. The van der Waals surface area contributed by atoms with Crippen LogP contribution in [0.4, 0.5) is 5.69 Å². The molecule has 0 spiro atoms. The van der Waals surface area contributed by atoms with Crippen molar-refractivity contribution in [2.24, 2.45) is 4.99 Å². The van der Waals surface area contributed by atoms with Gasteiger partial charge >= 0.3 is 0 Å². The minimum atomic E-state index is 0.643. The Hall–Kier alpha value is -1.25. The first-order valence-electron chi connectivity index (χ1n) is 7.50. The van der Waals surface area contributed by atoms with Crippen molar-refractivity contribution in [1.29, 1.82) is 0 Å². The largest absolute Gasteiger partial charge is 0.356 e. The van der Waals surface area contributed by atoms with Crippen molar-refractivity contribution < 1.29 is 0 Å². The van der Waals surface area contributed by atoms with Crippen LogP contribution in [0.25, 0.3) is 10.8 Å². The molecule has 0 aliphatic carbocycles. The number of amidine groups is 1. The summed E-state index contributed by atoms with van der Waals surface area (Å²) in [6.45, 7) is 2.16. The van der Waals surface area contributed by atoms with Crippen LogP contribution in [0.5, 0.6) is 0 Å². The third-order valence-electron chi connectivity index (χ3n) is 4.40. The number of halogens is 2. The van der Waals surface area contributed by atoms with Gasteiger partial charge in [0, 0.05) is 29.4 Å². The van der Waals surface area contributed by atoms with Crippen LogP contribution in [-0.4, -0.2) is 23.8 Å². The van der Waals surface area contributed by atoms with Crippen molar-refractivity contribution in [2.75, 3.05) is 13.1 Å². The Bertz CT molecular complexity index is 744. The van der Waals surface area contributed by atoms with Crippen molar-refractivity contribution in [2.45, 2.75) is 25.7 Å². The zero-order chi connectivity index (χ0) is 14.4. The van der Waals surface area contributed by atoms with Crippen LogP contribution in [0.15, 0.2) is 29.3 Å². The van der Waals surface area contributed by atoms with Crippen LogP contribution in [-0.2, 0) is 0 Å². The molecule has 2 heterocycles. The molecule has 0 aromatic heterocycles. The molecule has 0 N–H and O–H groups in total. The Morgan fingerprint density at radius 2 is 1.71 bits per heavy atom. The van der Waals surface area contributed by atoms with Gasteiger partial charge in [0.15, 0.2) is 0 Å². The highest BCUT2D eigenvalue weighted by atomic mass is 35.5. The average molecular weight is 319 g/mol. The molecule has 4 rings (SSSR count). The topological polar surface area (TPSA) is 15.6 Å². The second kappa shape index (κ2) is 5.19. The van der Waals surface area contributed by atoms with Crippen molar-refractivity contribution in [3.8, 4) is 0 Å². The minimum absolute atomic E-state index is 0.643. The summed E-state index contributed by atoms with van der Waals surface area (Å²) in [6, 6.07) is 8.04. The fourth-order valence-electron chi connectivity index (χ4n) is 3.37. The molecule has 108 valence electrons. The maximum absolute atomic E-state index is 6.37. The monoisotopic (exact) mass is 318 g/mol. The normalized spacial score (nSPS) is 18.0. The lowest BCUT2D eigenvalue weighted by Crippen LogP contribution is -2.31. The summed E-state index contributed by atoms with van der Waals surface area (Å²) in [7, 11) is 0. The van der Waals surface area contributed by atoms with E-state index in [1.54, 1.807) is 6.07 Å². The summed E-state index contributed by atoms with van der Waals surface area (Å²) in [6.07, 6.45) is 5.10. The van der Waals surface area contributed by atoms with E-state index in [-0.39, 0.29) is 0 Å². The number of hydrogen-bond acceptors (Lipinski definition) is 2. The van der Waals surface area contributed by atoms with Crippen molar-refractivity contribution in [3.63, 3.8) is 0 Å². The summed E-state index contributed by atoms with van der Waals surface area (Å²) < 4.78 is 0. The molecule has 0 atom stereocenters. The van der Waals surface area contributed by atoms with Gasteiger partial charge in [0.2, 0.25) is 0 Å². The van der Waals surface area contributed by atoms with Crippen molar-refractivity contribution >= 4 is 45.5 Å². The Morgan fingerprint density at radius 3 is 2.48 bits per heavy atom. The van der Waals surface area contributed by atoms with E-state index in [1.807, 2.05) is 6.07 Å².